The number of ether oxygens (including phenoxy) is 1. The van der Waals surface area contributed by atoms with Gasteiger partial charge in [0.1, 0.15) is 5.75 Å². The van der Waals surface area contributed by atoms with E-state index >= 15 is 0 Å². The lowest BCUT2D eigenvalue weighted by Crippen LogP contribution is -1.96. The Morgan fingerprint density at radius 2 is 2.21 bits per heavy atom. The Balaban J connectivity index is 2.53. The first-order valence-corrected chi connectivity index (χ1v) is 5.20. The molecule has 0 bridgehead atoms. The van der Waals surface area contributed by atoms with E-state index in [1.54, 1.807) is 7.11 Å². The van der Waals surface area contributed by atoms with Gasteiger partial charge in [-0.2, -0.15) is 0 Å². The Morgan fingerprint density at radius 1 is 1.50 bits per heavy atom. The summed E-state index contributed by atoms with van der Waals surface area (Å²) in [6.07, 6.45) is 0.169. The second-order valence-corrected chi connectivity index (χ2v) is 3.78. The Morgan fingerprint density at radius 3 is 2.86 bits per heavy atom. The molecule has 0 aliphatic carbocycles. The number of thioether (sulfide) groups is 1. The van der Waals surface area contributed by atoms with Crippen molar-refractivity contribution in [3.05, 3.63) is 24.3 Å². The Bertz CT molecular complexity index is 312. The summed E-state index contributed by atoms with van der Waals surface area (Å²) in [5.74, 6) is 0.589. The molecule has 3 nitrogen and oxygen atoms in total. The van der Waals surface area contributed by atoms with Crippen LogP contribution in [-0.2, 0) is 4.79 Å². The zero-order valence-corrected chi connectivity index (χ0v) is 8.71. The molecule has 1 aromatic carbocycles. The van der Waals surface area contributed by atoms with Crippen LogP contribution >= 0.6 is 11.8 Å². The number of methoxy groups -OCH3 is 1. The minimum absolute atomic E-state index is 0.169. The van der Waals surface area contributed by atoms with Gasteiger partial charge in [0.15, 0.2) is 0 Å². The number of hydrogen-bond acceptors (Lipinski definition) is 3. The van der Waals surface area contributed by atoms with Crippen molar-refractivity contribution in [1.29, 1.82) is 0 Å². The molecule has 0 heterocycles. The fourth-order valence-corrected chi connectivity index (χ4v) is 1.95. The fraction of sp³-hybridized carbons (Fsp3) is 0.300. The molecule has 0 aliphatic heterocycles. The van der Waals surface area contributed by atoms with E-state index in [0.717, 1.165) is 10.6 Å². The van der Waals surface area contributed by atoms with E-state index in [-0.39, 0.29) is 6.42 Å². The lowest BCUT2D eigenvalue weighted by molar-refractivity contribution is -0.136. The van der Waals surface area contributed by atoms with E-state index in [9.17, 15) is 4.79 Å². The highest BCUT2D eigenvalue weighted by molar-refractivity contribution is 7.99. The molecule has 76 valence electrons. The summed E-state index contributed by atoms with van der Waals surface area (Å²) in [7, 11) is 1.61. The minimum Gasteiger partial charge on any atom is -0.496 e. The molecular weight excluding hydrogens is 200 g/mol. The first-order chi connectivity index (χ1) is 6.74. The monoisotopic (exact) mass is 212 g/mol. The number of para-hydroxylation sites is 1. The van der Waals surface area contributed by atoms with Gasteiger partial charge in [-0.05, 0) is 12.1 Å². The van der Waals surface area contributed by atoms with Crippen molar-refractivity contribution in [2.24, 2.45) is 0 Å². The molecule has 1 aromatic rings. The minimum atomic E-state index is -0.771. The summed E-state index contributed by atoms with van der Waals surface area (Å²) in [5, 5.41) is 8.47. The number of carbonyl (C=O) groups is 1. The number of carboxylic acid groups (broad SMARTS) is 1. The lowest BCUT2D eigenvalue weighted by atomic mass is 10.3. The zero-order valence-electron chi connectivity index (χ0n) is 7.90. The average molecular weight is 212 g/mol. The van der Waals surface area contributed by atoms with Crippen molar-refractivity contribution in [2.75, 3.05) is 12.9 Å². The average Bonchev–Trinajstić information content (AvgIpc) is 2.18. The number of carboxylic acids is 1. The molecule has 1 N–H and O–H groups in total. The molecule has 0 aromatic heterocycles. The molecule has 0 amide bonds. The first-order valence-electron chi connectivity index (χ1n) is 4.21. The topological polar surface area (TPSA) is 46.5 Å². The van der Waals surface area contributed by atoms with Crippen LogP contribution in [0.3, 0.4) is 0 Å². The largest absolute Gasteiger partial charge is 0.496 e. The second kappa shape index (κ2) is 5.54. The summed E-state index contributed by atoms with van der Waals surface area (Å²) in [6.45, 7) is 0. The Labute approximate surface area is 87.1 Å². The molecular formula is C10H12O3S. The van der Waals surface area contributed by atoms with E-state index in [1.807, 2.05) is 24.3 Å². The fourth-order valence-electron chi connectivity index (χ4n) is 0.986. The van der Waals surface area contributed by atoms with E-state index in [0.29, 0.717) is 5.75 Å². The van der Waals surface area contributed by atoms with Gasteiger partial charge < -0.3 is 9.84 Å². The predicted molar refractivity (Wildman–Crippen MR) is 56.0 cm³/mol. The quantitative estimate of drug-likeness (QED) is 0.760. The Kier molecular flexibility index (Phi) is 4.32. The number of rotatable bonds is 5. The van der Waals surface area contributed by atoms with Crippen molar-refractivity contribution in [1.82, 2.24) is 0 Å². The third-order valence-electron chi connectivity index (χ3n) is 1.64. The summed E-state index contributed by atoms with van der Waals surface area (Å²) in [4.78, 5) is 11.3. The molecule has 0 aliphatic rings. The van der Waals surface area contributed by atoms with Gasteiger partial charge in [0, 0.05) is 10.6 Å². The van der Waals surface area contributed by atoms with Crippen LogP contribution in [0.25, 0.3) is 0 Å². The maximum absolute atomic E-state index is 10.3. The van der Waals surface area contributed by atoms with Crippen molar-refractivity contribution < 1.29 is 14.6 Å². The molecule has 1 rings (SSSR count). The van der Waals surface area contributed by atoms with Crippen LogP contribution < -0.4 is 4.74 Å². The van der Waals surface area contributed by atoms with Crippen molar-refractivity contribution in [2.45, 2.75) is 11.3 Å². The van der Waals surface area contributed by atoms with Crippen molar-refractivity contribution in [3.8, 4) is 5.75 Å². The van der Waals surface area contributed by atoms with Crippen LogP contribution in [0.1, 0.15) is 6.42 Å². The van der Waals surface area contributed by atoms with E-state index in [1.165, 1.54) is 11.8 Å². The van der Waals surface area contributed by atoms with Crippen LogP contribution in [-0.4, -0.2) is 23.9 Å². The third-order valence-corrected chi connectivity index (χ3v) is 2.70. The normalized spacial score (nSPS) is 9.79. The molecule has 14 heavy (non-hydrogen) atoms. The standard InChI is InChI=1S/C10H12O3S/c1-13-8-4-2-3-5-9(8)14-7-6-10(11)12/h2-5H,6-7H2,1H3,(H,11,12). The molecule has 0 spiro atoms. The van der Waals surface area contributed by atoms with Crippen LogP contribution in [0, 0.1) is 0 Å². The van der Waals surface area contributed by atoms with Gasteiger partial charge in [-0.15, -0.1) is 11.8 Å². The zero-order chi connectivity index (χ0) is 10.4. The smallest absolute Gasteiger partial charge is 0.304 e. The highest BCUT2D eigenvalue weighted by atomic mass is 32.2. The van der Waals surface area contributed by atoms with Gasteiger partial charge in [0.25, 0.3) is 0 Å². The molecule has 0 fully saturated rings. The number of benzene rings is 1. The number of hydrogen-bond donors (Lipinski definition) is 1. The summed E-state index contributed by atoms with van der Waals surface area (Å²) < 4.78 is 5.13. The van der Waals surface area contributed by atoms with Crippen LogP contribution in [0.2, 0.25) is 0 Å². The lowest BCUT2D eigenvalue weighted by Gasteiger charge is -2.06. The molecule has 4 heteroatoms. The molecule has 0 saturated heterocycles. The summed E-state index contributed by atoms with van der Waals surface area (Å²) in [6, 6.07) is 7.58. The third kappa shape index (κ3) is 3.30. The van der Waals surface area contributed by atoms with Crippen LogP contribution in [0.5, 0.6) is 5.75 Å². The summed E-state index contributed by atoms with van der Waals surface area (Å²) in [5.41, 5.74) is 0. The van der Waals surface area contributed by atoms with Crippen molar-refractivity contribution in [3.63, 3.8) is 0 Å². The van der Waals surface area contributed by atoms with Gasteiger partial charge in [0.2, 0.25) is 0 Å². The van der Waals surface area contributed by atoms with Gasteiger partial charge in [-0.3, -0.25) is 4.79 Å². The number of aliphatic carboxylic acids is 1. The van der Waals surface area contributed by atoms with E-state index < -0.39 is 5.97 Å². The molecule has 0 atom stereocenters. The van der Waals surface area contributed by atoms with Gasteiger partial charge in [-0.1, -0.05) is 12.1 Å². The summed E-state index contributed by atoms with van der Waals surface area (Å²) >= 11 is 1.49. The predicted octanol–water partition coefficient (Wildman–Crippen LogP) is 2.26. The highest BCUT2D eigenvalue weighted by Crippen LogP contribution is 2.28. The Hall–Kier alpha value is -1.16. The maximum atomic E-state index is 10.3. The molecule has 0 unspecified atom stereocenters. The van der Waals surface area contributed by atoms with Crippen LogP contribution in [0.4, 0.5) is 0 Å². The highest BCUT2D eigenvalue weighted by Gasteiger charge is 2.03. The van der Waals surface area contributed by atoms with Gasteiger partial charge >= 0.3 is 5.97 Å². The SMILES string of the molecule is COc1ccccc1SCCC(=O)O. The van der Waals surface area contributed by atoms with Crippen LogP contribution in [0.15, 0.2) is 29.2 Å². The second-order valence-electron chi connectivity index (χ2n) is 2.64. The first kappa shape index (κ1) is 10.9. The maximum Gasteiger partial charge on any atom is 0.304 e. The van der Waals surface area contributed by atoms with Crippen molar-refractivity contribution >= 4 is 17.7 Å². The van der Waals surface area contributed by atoms with E-state index in [2.05, 4.69) is 0 Å². The molecule has 0 radical (unpaired) electrons. The molecule has 0 saturated carbocycles. The van der Waals surface area contributed by atoms with Gasteiger partial charge in [-0.25, -0.2) is 0 Å². The van der Waals surface area contributed by atoms with Gasteiger partial charge in [0.05, 0.1) is 13.5 Å². The van der Waals surface area contributed by atoms with E-state index in [4.69, 9.17) is 9.84 Å².